The smallest absolute Gasteiger partial charge is 0.255 e. The number of hydrogen-bond donors (Lipinski definition) is 1. The van der Waals surface area contributed by atoms with Gasteiger partial charge in [-0.25, -0.2) is 9.97 Å². The summed E-state index contributed by atoms with van der Waals surface area (Å²) in [6.07, 6.45) is 1.51. The van der Waals surface area contributed by atoms with Gasteiger partial charge in [0.2, 0.25) is 0 Å². The Balaban J connectivity index is 1.92. The Bertz CT molecular complexity index is 841. The highest BCUT2D eigenvalue weighted by atomic mass is 32.2. The number of benzene rings is 1. The van der Waals surface area contributed by atoms with Gasteiger partial charge in [-0.15, -0.1) is 0 Å². The van der Waals surface area contributed by atoms with E-state index < -0.39 is 0 Å². The SMILES string of the molecule is Cc1c(-c2ccccc2)nc(SCc2ncnn2C)[nH]c1=O. The predicted octanol–water partition coefficient (Wildman–Crippen LogP) is 2.17. The van der Waals surface area contributed by atoms with Crippen molar-refractivity contribution in [2.75, 3.05) is 0 Å². The molecule has 7 heteroatoms. The van der Waals surface area contributed by atoms with Gasteiger partial charge in [-0.2, -0.15) is 5.10 Å². The molecule has 112 valence electrons. The molecule has 6 nitrogen and oxygen atoms in total. The Morgan fingerprint density at radius 2 is 2.05 bits per heavy atom. The van der Waals surface area contributed by atoms with Gasteiger partial charge in [-0.05, 0) is 6.92 Å². The first-order valence-corrected chi connectivity index (χ1v) is 7.75. The topological polar surface area (TPSA) is 76.5 Å². The van der Waals surface area contributed by atoms with Gasteiger partial charge in [-0.1, -0.05) is 42.1 Å². The van der Waals surface area contributed by atoms with Crippen LogP contribution in [0, 0.1) is 6.92 Å². The minimum atomic E-state index is -0.116. The van der Waals surface area contributed by atoms with Crippen LogP contribution in [0.2, 0.25) is 0 Å². The number of thioether (sulfide) groups is 1. The summed E-state index contributed by atoms with van der Waals surface area (Å²) < 4.78 is 1.71. The largest absolute Gasteiger partial charge is 0.301 e. The zero-order valence-electron chi connectivity index (χ0n) is 12.3. The van der Waals surface area contributed by atoms with Gasteiger partial charge in [0.25, 0.3) is 5.56 Å². The Hall–Kier alpha value is -2.41. The van der Waals surface area contributed by atoms with Crippen LogP contribution in [0.4, 0.5) is 0 Å². The van der Waals surface area contributed by atoms with Gasteiger partial charge in [0.1, 0.15) is 12.2 Å². The number of hydrogen-bond acceptors (Lipinski definition) is 5. The van der Waals surface area contributed by atoms with Crippen LogP contribution in [0.5, 0.6) is 0 Å². The third kappa shape index (κ3) is 2.94. The second-order valence-electron chi connectivity index (χ2n) is 4.80. The van der Waals surface area contributed by atoms with Crippen molar-refractivity contribution in [1.82, 2.24) is 24.7 Å². The van der Waals surface area contributed by atoms with Crippen molar-refractivity contribution < 1.29 is 0 Å². The maximum absolute atomic E-state index is 12.1. The minimum absolute atomic E-state index is 0.116. The molecule has 1 N–H and O–H groups in total. The van der Waals surface area contributed by atoms with E-state index in [0.717, 1.165) is 11.4 Å². The molecular weight excluding hydrogens is 298 g/mol. The van der Waals surface area contributed by atoms with Crippen LogP contribution in [-0.4, -0.2) is 24.7 Å². The lowest BCUT2D eigenvalue weighted by Gasteiger charge is -2.07. The molecule has 0 radical (unpaired) electrons. The number of nitrogens with one attached hydrogen (secondary N) is 1. The molecule has 0 unspecified atom stereocenters. The van der Waals surface area contributed by atoms with Crippen molar-refractivity contribution in [3.8, 4) is 11.3 Å². The van der Waals surface area contributed by atoms with E-state index in [9.17, 15) is 4.79 Å². The summed E-state index contributed by atoms with van der Waals surface area (Å²) in [6.45, 7) is 1.78. The molecule has 0 atom stereocenters. The van der Waals surface area contributed by atoms with E-state index in [4.69, 9.17) is 0 Å². The number of aryl methyl sites for hydroxylation is 1. The molecule has 0 spiro atoms. The van der Waals surface area contributed by atoms with Gasteiger partial charge in [0.15, 0.2) is 5.16 Å². The molecule has 22 heavy (non-hydrogen) atoms. The average Bonchev–Trinajstić information content (AvgIpc) is 2.94. The van der Waals surface area contributed by atoms with Crippen molar-refractivity contribution in [1.29, 1.82) is 0 Å². The molecule has 0 aliphatic rings. The number of aromatic nitrogens is 5. The monoisotopic (exact) mass is 313 g/mol. The van der Waals surface area contributed by atoms with Crippen molar-refractivity contribution in [2.24, 2.45) is 7.05 Å². The van der Waals surface area contributed by atoms with Gasteiger partial charge < -0.3 is 4.98 Å². The third-order valence-electron chi connectivity index (χ3n) is 3.32. The molecule has 0 fully saturated rings. The fourth-order valence-corrected chi connectivity index (χ4v) is 2.89. The molecule has 3 aromatic rings. The molecule has 0 amide bonds. The number of nitrogens with zero attached hydrogens (tertiary/aromatic N) is 4. The summed E-state index contributed by atoms with van der Waals surface area (Å²) in [5.74, 6) is 1.42. The summed E-state index contributed by atoms with van der Waals surface area (Å²) >= 11 is 1.43. The number of rotatable bonds is 4. The van der Waals surface area contributed by atoms with Crippen molar-refractivity contribution in [3.05, 3.63) is 58.4 Å². The Morgan fingerprint density at radius 3 is 2.73 bits per heavy atom. The first-order valence-electron chi connectivity index (χ1n) is 6.77. The van der Waals surface area contributed by atoms with Crippen LogP contribution < -0.4 is 5.56 Å². The van der Waals surface area contributed by atoms with Crippen molar-refractivity contribution in [2.45, 2.75) is 17.8 Å². The van der Waals surface area contributed by atoms with E-state index >= 15 is 0 Å². The van der Waals surface area contributed by atoms with Crippen LogP contribution in [0.25, 0.3) is 11.3 Å². The van der Waals surface area contributed by atoms with Gasteiger partial charge in [-0.3, -0.25) is 9.48 Å². The zero-order chi connectivity index (χ0) is 15.5. The zero-order valence-corrected chi connectivity index (χ0v) is 13.1. The Kier molecular flexibility index (Phi) is 4.06. The first kappa shape index (κ1) is 14.5. The average molecular weight is 313 g/mol. The van der Waals surface area contributed by atoms with E-state index in [0.29, 0.717) is 22.2 Å². The molecule has 0 aliphatic heterocycles. The fraction of sp³-hybridized carbons (Fsp3) is 0.200. The van der Waals surface area contributed by atoms with Crippen LogP contribution in [0.15, 0.2) is 46.6 Å². The van der Waals surface area contributed by atoms with E-state index in [1.807, 2.05) is 37.4 Å². The molecule has 0 saturated carbocycles. The summed E-state index contributed by atoms with van der Waals surface area (Å²) in [7, 11) is 1.84. The lowest BCUT2D eigenvalue weighted by atomic mass is 10.1. The Morgan fingerprint density at radius 1 is 1.27 bits per heavy atom. The number of aromatic amines is 1. The lowest BCUT2D eigenvalue weighted by Crippen LogP contribution is -2.14. The highest BCUT2D eigenvalue weighted by molar-refractivity contribution is 7.98. The maximum Gasteiger partial charge on any atom is 0.255 e. The molecule has 0 bridgehead atoms. The second-order valence-corrected chi connectivity index (χ2v) is 5.76. The van der Waals surface area contributed by atoms with Crippen molar-refractivity contribution >= 4 is 11.8 Å². The molecule has 1 aromatic carbocycles. The predicted molar refractivity (Wildman–Crippen MR) is 85.6 cm³/mol. The van der Waals surface area contributed by atoms with E-state index in [-0.39, 0.29) is 5.56 Å². The summed E-state index contributed by atoms with van der Waals surface area (Å²) in [5.41, 5.74) is 2.15. The van der Waals surface area contributed by atoms with Gasteiger partial charge >= 0.3 is 0 Å². The molecule has 2 aromatic heterocycles. The quantitative estimate of drug-likeness (QED) is 0.590. The van der Waals surface area contributed by atoms with Crippen LogP contribution in [-0.2, 0) is 12.8 Å². The summed E-state index contributed by atoms with van der Waals surface area (Å²) in [5, 5.41) is 4.61. The van der Waals surface area contributed by atoms with E-state index in [1.54, 1.807) is 11.6 Å². The molecular formula is C15H15N5OS. The summed E-state index contributed by atoms with van der Waals surface area (Å²) in [6, 6.07) is 9.71. The van der Waals surface area contributed by atoms with Gasteiger partial charge in [0.05, 0.1) is 11.4 Å². The highest BCUT2D eigenvalue weighted by Crippen LogP contribution is 2.22. The van der Waals surface area contributed by atoms with Gasteiger partial charge in [0, 0.05) is 18.2 Å². The minimum Gasteiger partial charge on any atom is -0.301 e. The van der Waals surface area contributed by atoms with E-state index in [2.05, 4.69) is 20.1 Å². The van der Waals surface area contributed by atoms with Crippen LogP contribution >= 0.6 is 11.8 Å². The Labute approximate surface area is 131 Å². The fourth-order valence-electron chi connectivity index (χ4n) is 2.04. The van der Waals surface area contributed by atoms with Crippen LogP contribution in [0.3, 0.4) is 0 Å². The molecule has 0 aliphatic carbocycles. The lowest BCUT2D eigenvalue weighted by molar-refractivity contribution is 0.729. The molecule has 3 rings (SSSR count). The number of H-pyrrole nitrogens is 1. The normalized spacial score (nSPS) is 10.8. The maximum atomic E-state index is 12.1. The third-order valence-corrected chi connectivity index (χ3v) is 4.19. The van der Waals surface area contributed by atoms with E-state index in [1.165, 1.54) is 18.1 Å². The standard InChI is InChI=1S/C15H15N5OS/c1-10-13(11-6-4-3-5-7-11)18-15(19-14(10)21)22-8-12-16-9-17-20(12)2/h3-7,9H,8H2,1-2H3,(H,18,19,21). The molecule has 2 heterocycles. The second kappa shape index (κ2) is 6.15. The van der Waals surface area contributed by atoms with Crippen molar-refractivity contribution in [3.63, 3.8) is 0 Å². The molecule has 0 saturated heterocycles. The summed E-state index contributed by atoms with van der Waals surface area (Å²) in [4.78, 5) is 23.7. The highest BCUT2D eigenvalue weighted by Gasteiger charge is 2.11. The first-order chi connectivity index (χ1) is 10.6. The van der Waals surface area contributed by atoms with Crippen LogP contribution in [0.1, 0.15) is 11.4 Å².